The number of phenols is 5. The van der Waals surface area contributed by atoms with Gasteiger partial charge in [-0.1, -0.05) is 18.7 Å². The lowest BCUT2D eigenvalue weighted by molar-refractivity contribution is -0.102. The van der Waals surface area contributed by atoms with Gasteiger partial charge in [-0.3, -0.25) is 14.4 Å². The number of phenolic OH excluding ortho intramolecular Hbond substituents is 5. The number of aliphatic hydroxyl groups is 4. The van der Waals surface area contributed by atoms with Crippen molar-refractivity contribution in [2.45, 2.75) is 49.6 Å². The van der Waals surface area contributed by atoms with Crippen molar-refractivity contribution in [1.29, 1.82) is 0 Å². The number of ketones is 2. The highest BCUT2D eigenvalue weighted by molar-refractivity contribution is 6.38. The lowest BCUT2D eigenvalue weighted by Gasteiger charge is -2.25. The molecule has 4 aromatic rings. The first kappa shape index (κ1) is 29.1. The molecule has 1 heterocycles. The summed E-state index contributed by atoms with van der Waals surface area (Å²) in [6, 6.07) is 3.69. The van der Waals surface area contributed by atoms with Crippen molar-refractivity contribution in [2.24, 2.45) is 0 Å². The minimum absolute atomic E-state index is 0.0243. The average Bonchev–Trinajstić information content (AvgIpc) is 3.47. The van der Waals surface area contributed by atoms with Gasteiger partial charge in [-0.05, 0) is 42.8 Å². The van der Waals surface area contributed by atoms with Gasteiger partial charge in [-0.2, -0.15) is 0 Å². The molecule has 0 saturated carbocycles. The highest BCUT2D eigenvalue weighted by Gasteiger charge is 2.61. The number of hydrogen-bond donors (Lipinski definition) is 10. The van der Waals surface area contributed by atoms with Crippen LogP contribution in [0, 0.1) is 0 Å². The molecule has 0 bridgehead atoms. The molecule has 0 fully saturated rings. The maximum atomic E-state index is 14.1. The van der Waals surface area contributed by atoms with E-state index in [1.807, 2.05) is 0 Å². The summed E-state index contributed by atoms with van der Waals surface area (Å²) in [7, 11) is 0. The molecule has 44 heavy (non-hydrogen) atoms. The van der Waals surface area contributed by atoms with Crippen LogP contribution in [0.5, 0.6) is 28.7 Å². The van der Waals surface area contributed by atoms with Gasteiger partial charge >= 0.3 is 0 Å². The number of aryl methyl sites for hydroxylation is 1. The molecule has 0 aliphatic heterocycles. The van der Waals surface area contributed by atoms with Gasteiger partial charge in [0.2, 0.25) is 0 Å². The second-order valence-electron chi connectivity index (χ2n) is 11.2. The molecule has 5 unspecified atom stereocenters. The molecule has 0 amide bonds. The molecule has 2 aliphatic carbocycles. The van der Waals surface area contributed by atoms with Gasteiger partial charge in [-0.15, -0.1) is 0 Å². The van der Waals surface area contributed by atoms with Crippen molar-refractivity contribution in [2.75, 3.05) is 0 Å². The molecule has 1 aromatic heterocycles. The molecule has 6 rings (SSSR count). The largest absolute Gasteiger partial charge is 0.507 e. The fraction of sp³-hybridized carbons (Fsp3) is 0.258. The van der Waals surface area contributed by atoms with E-state index in [0.29, 0.717) is 0 Å². The van der Waals surface area contributed by atoms with Crippen LogP contribution in [0.3, 0.4) is 0 Å². The van der Waals surface area contributed by atoms with Gasteiger partial charge in [0.15, 0.2) is 11.6 Å². The predicted octanol–water partition coefficient (Wildman–Crippen LogP) is 1.25. The molecule has 228 valence electrons. The quantitative estimate of drug-likeness (QED) is 0.114. The van der Waals surface area contributed by atoms with E-state index < -0.39 is 97.6 Å². The van der Waals surface area contributed by atoms with Crippen molar-refractivity contribution >= 4 is 39.2 Å². The predicted molar refractivity (Wildman–Crippen MR) is 154 cm³/mol. The minimum Gasteiger partial charge on any atom is -0.507 e. The Labute approximate surface area is 246 Å². The Balaban J connectivity index is 1.57. The van der Waals surface area contributed by atoms with Gasteiger partial charge < -0.3 is 50.9 Å². The average molecular weight is 606 g/mol. The molecule has 0 radical (unpaired) electrons. The number of carbonyl (C=O) groups is 2. The van der Waals surface area contributed by atoms with E-state index in [1.54, 1.807) is 0 Å². The van der Waals surface area contributed by atoms with Gasteiger partial charge in [0, 0.05) is 11.1 Å². The van der Waals surface area contributed by atoms with Crippen molar-refractivity contribution in [1.82, 2.24) is 4.98 Å². The second-order valence-corrected chi connectivity index (χ2v) is 11.2. The summed E-state index contributed by atoms with van der Waals surface area (Å²) >= 11 is 0. The van der Waals surface area contributed by atoms with Crippen LogP contribution in [0.2, 0.25) is 0 Å². The van der Waals surface area contributed by atoms with Crippen molar-refractivity contribution in [3.63, 3.8) is 0 Å². The maximum absolute atomic E-state index is 14.1. The SMILES string of the molecule is C=Cc1cc(O)c2c(O)c3c(c(O)c2c1O)C(=O)C1(CCc2cc4cc(C(O)C(O)C(O)C(C)O)[nH]c(=O)c4c(O)c21)C3=O. The first-order chi connectivity index (χ1) is 20.7. The fourth-order valence-electron chi connectivity index (χ4n) is 6.65. The van der Waals surface area contributed by atoms with Crippen LogP contribution >= 0.6 is 0 Å². The van der Waals surface area contributed by atoms with Crippen LogP contribution in [0.15, 0.2) is 29.6 Å². The molecule has 5 atom stereocenters. The number of aromatic amines is 1. The van der Waals surface area contributed by atoms with Crippen LogP contribution in [0.25, 0.3) is 27.6 Å². The van der Waals surface area contributed by atoms with Crippen molar-refractivity contribution in [3.8, 4) is 28.7 Å². The summed E-state index contributed by atoms with van der Waals surface area (Å²) in [5.74, 6) is -5.69. The Bertz CT molecular complexity index is 2040. The van der Waals surface area contributed by atoms with Crippen LogP contribution in [-0.2, 0) is 11.8 Å². The Hall–Kier alpha value is -4.95. The number of nitrogens with one attached hydrogen (secondary N) is 1. The zero-order chi connectivity index (χ0) is 32.2. The van der Waals surface area contributed by atoms with E-state index in [2.05, 4.69) is 11.6 Å². The standard InChI is InChI=1S/C31H27NO12/c1-3-10-8-14(34)16-17(22(10)36)25(39)19-18(24(16)38)28(42)31(29(19)43)5-4-11-6-12-7-13(23(37)27(41)21(35)9(2)33)32-30(44)15(12)26(40)20(11)31/h3,6-9,21,23,27,33-41H,1,4-5H2,2H3,(H,32,44). The number of rotatable bonds is 5. The third-order valence-corrected chi connectivity index (χ3v) is 8.85. The highest BCUT2D eigenvalue weighted by atomic mass is 16.4. The molecule has 13 heteroatoms. The van der Waals surface area contributed by atoms with E-state index in [-0.39, 0.29) is 46.0 Å². The number of H-pyrrole nitrogens is 1. The van der Waals surface area contributed by atoms with Gasteiger partial charge in [0.05, 0.1) is 39.1 Å². The first-order valence-electron chi connectivity index (χ1n) is 13.5. The Morgan fingerprint density at radius 2 is 1.43 bits per heavy atom. The third kappa shape index (κ3) is 3.51. The summed E-state index contributed by atoms with van der Waals surface area (Å²) in [5, 5.41) is 94.2. The van der Waals surface area contributed by atoms with Crippen molar-refractivity contribution < 1.29 is 55.5 Å². The van der Waals surface area contributed by atoms with E-state index in [9.17, 15) is 60.3 Å². The molecular weight excluding hydrogens is 578 g/mol. The zero-order valence-electron chi connectivity index (χ0n) is 23.0. The number of aliphatic hydroxyl groups excluding tert-OH is 4. The van der Waals surface area contributed by atoms with E-state index in [1.165, 1.54) is 25.1 Å². The summed E-state index contributed by atoms with van der Waals surface area (Å²) < 4.78 is 0. The maximum Gasteiger partial charge on any atom is 0.259 e. The summed E-state index contributed by atoms with van der Waals surface area (Å²) in [6.07, 6.45) is -5.93. The molecule has 3 aromatic carbocycles. The van der Waals surface area contributed by atoms with Crippen molar-refractivity contribution in [3.05, 3.63) is 68.6 Å². The topological polar surface area (TPSA) is 249 Å². The molecule has 0 saturated heterocycles. The van der Waals surface area contributed by atoms with Gasteiger partial charge in [0.1, 0.15) is 52.5 Å². The van der Waals surface area contributed by atoms with E-state index in [0.717, 1.165) is 6.07 Å². The molecule has 2 aliphatic rings. The molecule has 10 N–H and O–H groups in total. The Kier molecular flexibility index (Phi) is 6.31. The third-order valence-electron chi connectivity index (χ3n) is 8.85. The number of hydrogen-bond acceptors (Lipinski definition) is 12. The number of aromatic hydroxyl groups is 5. The Morgan fingerprint density at radius 3 is 2.02 bits per heavy atom. The molecule has 1 spiro atoms. The lowest BCUT2D eigenvalue weighted by atomic mass is 9.76. The van der Waals surface area contributed by atoms with E-state index in [4.69, 9.17) is 0 Å². The fourth-order valence-corrected chi connectivity index (χ4v) is 6.65. The van der Waals surface area contributed by atoms with Crippen LogP contribution in [0.1, 0.15) is 62.5 Å². The van der Waals surface area contributed by atoms with Crippen LogP contribution < -0.4 is 5.56 Å². The number of Topliss-reactive ketones (excluding diaryl/α,β-unsaturated/α-hetero) is 2. The monoisotopic (exact) mass is 605 g/mol. The minimum atomic E-state index is -2.17. The summed E-state index contributed by atoms with van der Waals surface area (Å²) in [6.45, 7) is 4.71. The number of fused-ring (bicyclic) bond motifs is 5. The molecular formula is C31H27NO12. The number of carbonyl (C=O) groups excluding carboxylic acids is 2. The summed E-state index contributed by atoms with van der Waals surface area (Å²) in [5.41, 5.74) is -4.61. The van der Waals surface area contributed by atoms with Gasteiger partial charge in [0.25, 0.3) is 5.56 Å². The normalized spacial score (nSPS) is 20.2. The van der Waals surface area contributed by atoms with Gasteiger partial charge in [-0.25, -0.2) is 0 Å². The van der Waals surface area contributed by atoms with E-state index >= 15 is 0 Å². The highest BCUT2D eigenvalue weighted by Crippen LogP contribution is 2.59. The number of benzene rings is 3. The lowest BCUT2D eigenvalue weighted by Crippen LogP contribution is -2.40. The zero-order valence-corrected chi connectivity index (χ0v) is 23.0. The second kappa shape index (κ2) is 9.53. The Morgan fingerprint density at radius 1 is 0.818 bits per heavy atom. The van der Waals surface area contributed by atoms with Crippen LogP contribution in [-0.4, -0.2) is 80.8 Å². The van der Waals surface area contributed by atoms with Crippen LogP contribution in [0.4, 0.5) is 0 Å². The molecule has 13 nitrogen and oxygen atoms in total. The number of aromatic nitrogens is 1. The first-order valence-corrected chi connectivity index (χ1v) is 13.5. The summed E-state index contributed by atoms with van der Waals surface area (Å²) in [4.78, 5) is 43.7. The smallest absolute Gasteiger partial charge is 0.259 e. The number of pyridine rings is 1.